The summed E-state index contributed by atoms with van der Waals surface area (Å²) in [4.78, 5) is 3.90. The number of halogens is 4. The maximum Gasteiger partial charge on any atom is 0.419 e. The van der Waals surface area contributed by atoms with E-state index < -0.39 is 23.7 Å². The number of aliphatic hydroxyl groups is 1. The van der Waals surface area contributed by atoms with Crippen LogP contribution in [0.15, 0.2) is 29.8 Å². The van der Waals surface area contributed by atoms with Crippen molar-refractivity contribution in [2.24, 2.45) is 0 Å². The summed E-state index contributed by atoms with van der Waals surface area (Å²) in [7, 11) is 0. The van der Waals surface area contributed by atoms with E-state index >= 15 is 0 Å². The number of aromatic nitrogens is 1. The zero-order valence-electron chi connectivity index (χ0n) is 9.49. The van der Waals surface area contributed by atoms with Crippen molar-refractivity contribution < 1.29 is 22.7 Å². The molecule has 0 saturated heterocycles. The fourth-order valence-corrected chi connectivity index (χ4v) is 2.31. The molecule has 2 rings (SSSR count). The van der Waals surface area contributed by atoms with Crippen LogP contribution in [0.1, 0.15) is 22.2 Å². The van der Waals surface area contributed by atoms with E-state index in [4.69, 9.17) is 0 Å². The van der Waals surface area contributed by atoms with Gasteiger partial charge in [-0.05, 0) is 6.07 Å². The zero-order chi connectivity index (χ0) is 14.0. The van der Waals surface area contributed by atoms with Crippen LogP contribution in [-0.2, 0) is 12.6 Å². The van der Waals surface area contributed by atoms with E-state index in [1.54, 1.807) is 5.38 Å². The van der Waals surface area contributed by atoms with Gasteiger partial charge in [0.15, 0.2) is 0 Å². The van der Waals surface area contributed by atoms with Crippen molar-refractivity contribution in [2.75, 3.05) is 0 Å². The van der Waals surface area contributed by atoms with Gasteiger partial charge in [-0.1, -0.05) is 12.1 Å². The molecular weight excluding hydrogens is 282 g/mol. The average Bonchev–Trinajstić information content (AvgIpc) is 2.80. The minimum atomic E-state index is -4.78. The van der Waals surface area contributed by atoms with Gasteiger partial charge >= 0.3 is 6.18 Å². The van der Waals surface area contributed by atoms with Crippen molar-refractivity contribution in [1.82, 2.24) is 4.98 Å². The predicted octanol–water partition coefficient (Wildman–Crippen LogP) is 3.58. The van der Waals surface area contributed by atoms with E-state index in [1.165, 1.54) is 17.5 Å². The average molecular weight is 291 g/mol. The zero-order valence-corrected chi connectivity index (χ0v) is 10.3. The van der Waals surface area contributed by atoms with Crippen molar-refractivity contribution >= 4 is 11.3 Å². The molecule has 1 N–H and O–H groups in total. The van der Waals surface area contributed by atoms with Gasteiger partial charge in [0.2, 0.25) is 0 Å². The van der Waals surface area contributed by atoms with Crippen LogP contribution in [0.3, 0.4) is 0 Å². The number of aliphatic hydroxyl groups excluding tert-OH is 1. The predicted molar refractivity (Wildman–Crippen MR) is 62.2 cm³/mol. The maximum atomic E-state index is 13.8. The van der Waals surface area contributed by atoms with Crippen molar-refractivity contribution in [3.8, 4) is 0 Å². The molecule has 0 amide bonds. The molecule has 0 radical (unpaired) electrons. The minimum absolute atomic E-state index is 0.0180. The fourth-order valence-electron chi connectivity index (χ4n) is 1.66. The summed E-state index contributed by atoms with van der Waals surface area (Å²) in [5.74, 6) is -1.43. The molecule has 0 bridgehead atoms. The molecule has 0 aliphatic heterocycles. The third kappa shape index (κ3) is 3.10. The number of alkyl halides is 3. The maximum absolute atomic E-state index is 13.8. The highest BCUT2D eigenvalue weighted by atomic mass is 32.1. The first-order chi connectivity index (χ1) is 8.89. The lowest BCUT2D eigenvalue weighted by Crippen LogP contribution is -2.12. The second-order valence-corrected chi connectivity index (χ2v) is 4.83. The molecule has 2 aromatic rings. The van der Waals surface area contributed by atoms with Crippen LogP contribution in [0.2, 0.25) is 0 Å². The van der Waals surface area contributed by atoms with Crippen molar-refractivity contribution in [3.05, 3.63) is 51.7 Å². The molecule has 1 aromatic heterocycles. The number of benzene rings is 1. The molecule has 1 aromatic carbocycles. The van der Waals surface area contributed by atoms with Gasteiger partial charge in [0.1, 0.15) is 5.82 Å². The SMILES string of the molecule is OC(Cc1nccs1)c1cccc(C(F)(F)F)c1F. The molecule has 0 fully saturated rings. The Hall–Kier alpha value is -1.47. The summed E-state index contributed by atoms with van der Waals surface area (Å²) >= 11 is 1.25. The minimum Gasteiger partial charge on any atom is -0.388 e. The first-order valence-corrected chi connectivity index (χ1v) is 6.19. The number of rotatable bonds is 3. The van der Waals surface area contributed by atoms with Gasteiger partial charge in [-0.3, -0.25) is 0 Å². The van der Waals surface area contributed by atoms with E-state index in [-0.39, 0.29) is 12.0 Å². The van der Waals surface area contributed by atoms with E-state index in [0.717, 1.165) is 12.1 Å². The Morgan fingerprint density at radius 3 is 2.63 bits per heavy atom. The number of hydrogen-bond donors (Lipinski definition) is 1. The molecule has 102 valence electrons. The molecule has 7 heteroatoms. The Kier molecular flexibility index (Phi) is 3.86. The second-order valence-electron chi connectivity index (χ2n) is 3.85. The van der Waals surface area contributed by atoms with Gasteiger partial charge in [0, 0.05) is 23.6 Å². The van der Waals surface area contributed by atoms with E-state index in [9.17, 15) is 22.7 Å². The summed E-state index contributed by atoms with van der Waals surface area (Å²) in [6, 6.07) is 2.87. The van der Waals surface area contributed by atoms with Gasteiger partial charge < -0.3 is 5.11 Å². The van der Waals surface area contributed by atoms with Gasteiger partial charge in [-0.25, -0.2) is 9.37 Å². The van der Waals surface area contributed by atoms with Crippen LogP contribution in [0.25, 0.3) is 0 Å². The summed E-state index contributed by atoms with van der Waals surface area (Å²) < 4.78 is 51.4. The summed E-state index contributed by atoms with van der Waals surface area (Å²) in [5, 5.41) is 12.0. The number of nitrogens with zero attached hydrogens (tertiary/aromatic N) is 1. The fraction of sp³-hybridized carbons (Fsp3) is 0.250. The van der Waals surface area contributed by atoms with Gasteiger partial charge in [-0.15, -0.1) is 11.3 Å². The number of hydrogen-bond acceptors (Lipinski definition) is 3. The summed E-state index contributed by atoms with van der Waals surface area (Å²) in [6.45, 7) is 0. The topological polar surface area (TPSA) is 33.1 Å². The molecular formula is C12H9F4NOS. The lowest BCUT2D eigenvalue weighted by molar-refractivity contribution is -0.140. The Morgan fingerprint density at radius 2 is 2.05 bits per heavy atom. The van der Waals surface area contributed by atoms with Gasteiger partial charge in [0.05, 0.1) is 16.7 Å². The van der Waals surface area contributed by atoms with Crippen molar-refractivity contribution in [1.29, 1.82) is 0 Å². The van der Waals surface area contributed by atoms with E-state index in [0.29, 0.717) is 11.1 Å². The van der Waals surface area contributed by atoms with Crippen LogP contribution < -0.4 is 0 Å². The smallest absolute Gasteiger partial charge is 0.388 e. The van der Waals surface area contributed by atoms with E-state index in [1.807, 2.05) is 0 Å². The molecule has 2 nitrogen and oxygen atoms in total. The third-order valence-corrected chi connectivity index (χ3v) is 3.35. The first-order valence-electron chi connectivity index (χ1n) is 5.31. The highest BCUT2D eigenvalue weighted by Gasteiger charge is 2.35. The lowest BCUT2D eigenvalue weighted by atomic mass is 10.0. The molecule has 0 saturated carbocycles. The lowest BCUT2D eigenvalue weighted by Gasteiger charge is -2.14. The second kappa shape index (κ2) is 5.26. The van der Waals surface area contributed by atoms with Crippen LogP contribution >= 0.6 is 11.3 Å². The van der Waals surface area contributed by atoms with Crippen LogP contribution in [0.4, 0.5) is 17.6 Å². The monoisotopic (exact) mass is 291 g/mol. The normalized spacial score (nSPS) is 13.5. The first kappa shape index (κ1) is 14.0. The molecule has 19 heavy (non-hydrogen) atoms. The largest absolute Gasteiger partial charge is 0.419 e. The Morgan fingerprint density at radius 1 is 1.32 bits per heavy atom. The Labute approximate surface area is 110 Å². The van der Waals surface area contributed by atoms with Crippen molar-refractivity contribution in [3.63, 3.8) is 0 Å². The third-order valence-electron chi connectivity index (χ3n) is 2.54. The Bertz CT molecular complexity index is 553. The van der Waals surface area contributed by atoms with Crippen LogP contribution in [-0.4, -0.2) is 10.1 Å². The van der Waals surface area contributed by atoms with E-state index in [2.05, 4.69) is 4.98 Å². The standard InChI is InChI=1S/C12H9F4NOS/c13-11-7(2-1-3-8(11)12(14,15)16)9(18)6-10-17-4-5-19-10/h1-5,9,18H,6H2. The molecule has 0 spiro atoms. The molecule has 1 heterocycles. The number of thiazole rings is 1. The Balaban J connectivity index is 2.30. The molecule has 1 unspecified atom stereocenters. The molecule has 1 atom stereocenters. The summed E-state index contributed by atoms with van der Waals surface area (Å²) in [6.07, 6.45) is -4.64. The molecule has 0 aliphatic rings. The quantitative estimate of drug-likeness (QED) is 0.877. The van der Waals surface area contributed by atoms with Gasteiger partial charge in [0.25, 0.3) is 0 Å². The summed E-state index contributed by atoms with van der Waals surface area (Å²) in [5.41, 5.74) is -1.74. The van der Waals surface area contributed by atoms with Gasteiger partial charge in [-0.2, -0.15) is 13.2 Å². The molecule has 0 aliphatic carbocycles. The highest BCUT2D eigenvalue weighted by Crippen LogP contribution is 2.34. The van der Waals surface area contributed by atoms with Crippen LogP contribution in [0.5, 0.6) is 0 Å². The van der Waals surface area contributed by atoms with Crippen LogP contribution in [0, 0.1) is 5.82 Å². The van der Waals surface area contributed by atoms with Crippen molar-refractivity contribution in [2.45, 2.75) is 18.7 Å². The highest BCUT2D eigenvalue weighted by molar-refractivity contribution is 7.09.